The Bertz CT molecular complexity index is 1200. The first-order valence-electron chi connectivity index (χ1n) is 14.0. The monoisotopic (exact) mass is 604 g/mol. The Balaban J connectivity index is 1.48. The van der Waals surface area contributed by atoms with Gasteiger partial charge in [-0.2, -0.15) is 0 Å². The van der Waals surface area contributed by atoms with Gasteiger partial charge in [0.1, 0.15) is 25.4 Å². The summed E-state index contributed by atoms with van der Waals surface area (Å²) in [4.78, 5) is 65.5. The van der Waals surface area contributed by atoms with Crippen LogP contribution in [0.15, 0.2) is 23.3 Å². The molecule has 0 aliphatic carbocycles. The lowest BCUT2D eigenvalue weighted by Gasteiger charge is -2.27. The van der Waals surface area contributed by atoms with Crippen LogP contribution in [0.2, 0.25) is 0 Å². The minimum Gasteiger partial charge on any atom is -0.461 e. The Labute approximate surface area is 247 Å². The molecule has 2 aliphatic heterocycles. The quantitative estimate of drug-likeness (QED) is 0.0539. The molecule has 1 aromatic rings. The number of hydrogen-bond donors (Lipinski definition) is 2. The molecule has 0 saturated carbocycles. The van der Waals surface area contributed by atoms with E-state index in [0.717, 1.165) is 11.3 Å². The van der Waals surface area contributed by atoms with Crippen molar-refractivity contribution in [1.82, 2.24) is 10.2 Å². The number of nitrogens with one attached hydrogen (secondary N) is 2. The van der Waals surface area contributed by atoms with E-state index in [1.165, 1.54) is 6.07 Å². The maximum Gasteiger partial charge on any atom is 0.332 e. The van der Waals surface area contributed by atoms with Crippen LogP contribution in [0.1, 0.15) is 46.9 Å². The molecule has 2 aliphatic rings. The Morgan fingerprint density at radius 3 is 2.70 bits per heavy atom. The SMILES string of the molecule is CCCOCCO[C@H](COCCNc1cccc2c1C(=O)N(C1CCC(=O)NC1=O)C2=O)COC(=O)COCCN=[N+]=[N-]. The zero-order chi connectivity index (χ0) is 31.0. The third-order valence-electron chi connectivity index (χ3n) is 6.31. The zero-order valence-corrected chi connectivity index (χ0v) is 24.0. The third-order valence-corrected chi connectivity index (χ3v) is 6.31. The van der Waals surface area contributed by atoms with Crippen molar-refractivity contribution >= 4 is 35.3 Å². The largest absolute Gasteiger partial charge is 0.461 e. The molecular weight excluding hydrogens is 568 g/mol. The Morgan fingerprint density at radius 1 is 1.09 bits per heavy atom. The van der Waals surface area contributed by atoms with Gasteiger partial charge in [-0.1, -0.05) is 18.1 Å². The second-order valence-electron chi connectivity index (χ2n) is 9.47. The molecule has 0 aromatic heterocycles. The topological polar surface area (TPSA) is 208 Å². The molecule has 1 fully saturated rings. The maximum absolute atomic E-state index is 13.2. The summed E-state index contributed by atoms with van der Waals surface area (Å²) < 4.78 is 27.2. The average Bonchev–Trinajstić information content (AvgIpc) is 3.24. The molecular formula is C27H36N6O10. The highest BCUT2D eigenvalue weighted by Crippen LogP contribution is 2.32. The van der Waals surface area contributed by atoms with Crippen molar-refractivity contribution in [2.75, 3.05) is 71.3 Å². The number of esters is 1. The van der Waals surface area contributed by atoms with Gasteiger partial charge in [0.25, 0.3) is 11.8 Å². The van der Waals surface area contributed by atoms with Crippen molar-refractivity contribution in [2.45, 2.75) is 38.3 Å². The molecule has 43 heavy (non-hydrogen) atoms. The number of rotatable bonds is 20. The molecule has 16 nitrogen and oxygen atoms in total. The molecule has 1 unspecified atom stereocenters. The first-order valence-corrected chi connectivity index (χ1v) is 14.0. The van der Waals surface area contributed by atoms with Gasteiger partial charge in [-0.15, -0.1) is 0 Å². The summed E-state index contributed by atoms with van der Waals surface area (Å²) in [7, 11) is 0. The lowest BCUT2D eigenvalue weighted by atomic mass is 10.0. The summed E-state index contributed by atoms with van der Waals surface area (Å²) in [5.41, 5.74) is 8.98. The lowest BCUT2D eigenvalue weighted by Crippen LogP contribution is -2.54. The van der Waals surface area contributed by atoms with Crippen LogP contribution in [-0.2, 0) is 38.1 Å². The Morgan fingerprint density at radius 2 is 1.93 bits per heavy atom. The number of azide groups is 1. The second-order valence-corrected chi connectivity index (χ2v) is 9.47. The third kappa shape index (κ3) is 10.0. The molecule has 16 heteroatoms. The molecule has 1 saturated heterocycles. The normalized spacial score (nSPS) is 16.9. The maximum atomic E-state index is 13.2. The van der Waals surface area contributed by atoms with Crippen molar-refractivity contribution in [3.05, 3.63) is 39.8 Å². The Kier molecular flexibility index (Phi) is 13.8. The van der Waals surface area contributed by atoms with Crippen molar-refractivity contribution in [1.29, 1.82) is 0 Å². The molecule has 1 aromatic carbocycles. The number of hydrogen-bond acceptors (Lipinski definition) is 12. The van der Waals surface area contributed by atoms with Gasteiger partial charge in [-0.25, -0.2) is 4.79 Å². The van der Waals surface area contributed by atoms with Crippen LogP contribution in [0.5, 0.6) is 0 Å². The molecule has 0 radical (unpaired) electrons. The summed E-state index contributed by atoms with van der Waals surface area (Å²) in [6, 6.07) is 3.74. The molecule has 2 heterocycles. The van der Waals surface area contributed by atoms with E-state index in [9.17, 15) is 24.0 Å². The van der Waals surface area contributed by atoms with Crippen molar-refractivity contribution < 1.29 is 47.7 Å². The van der Waals surface area contributed by atoms with E-state index >= 15 is 0 Å². The average molecular weight is 605 g/mol. The van der Waals surface area contributed by atoms with Gasteiger partial charge in [0.05, 0.1) is 44.2 Å². The summed E-state index contributed by atoms with van der Waals surface area (Å²) >= 11 is 0. The van der Waals surface area contributed by atoms with Crippen LogP contribution in [0, 0.1) is 0 Å². The fourth-order valence-electron chi connectivity index (χ4n) is 4.33. The van der Waals surface area contributed by atoms with Gasteiger partial charge < -0.3 is 29.0 Å². The second kappa shape index (κ2) is 17.8. The van der Waals surface area contributed by atoms with Gasteiger partial charge in [-0.05, 0) is 30.5 Å². The first-order chi connectivity index (χ1) is 20.9. The fraction of sp³-hybridized carbons (Fsp3) is 0.593. The smallest absolute Gasteiger partial charge is 0.332 e. The number of amides is 4. The van der Waals surface area contributed by atoms with Gasteiger partial charge in [0, 0.05) is 36.7 Å². The van der Waals surface area contributed by atoms with Crippen molar-refractivity contribution in [3.63, 3.8) is 0 Å². The van der Waals surface area contributed by atoms with Crippen LogP contribution >= 0.6 is 0 Å². The summed E-state index contributed by atoms with van der Waals surface area (Å²) in [5, 5.41) is 8.58. The van der Waals surface area contributed by atoms with E-state index in [4.69, 9.17) is 29.2 Å². The van der Waals surface area contributed by atoms with Gasteiger partial charge in [0.15, 0.2) is 0 Å². The summed E-state index contributed by atoms with van der Waals surface area (Å²) in [6.07, 6.45) is 0.394. The number of nitrogens with zero attached hydrogens (tertiary/aromatic N) is 4. The van der Waals surface area contributed by atoms with E-state index in [-0.39, 0.29) is 76.7 Å². The molecule has 3 rings (SSSR count). The summed E-state index contributed by atoms with van der Waals surface area (Å²) in [6.45, 7) is 3.56. The first kappa shape index (κ1) is 33.4. The van der Waals surface area contributed by atoms with Crippen LogP contribution in [-0.4, -0.2) is 113 Å². The van der Waals surface area contributed by atoms with Gasteiger partial charge in [-0.3, -0.25) is 29.4 Å². The van der Waals surface area contributed by atoms with Crippen LogP contribution in [0.4, 0.5) is 5.69 Å². The number of piperidine rings is 1. The molecule has 4 amide bonds. The number of fused-ring (bicyclic) bond motifs is 1. The molecule has 0 bridgehead atoms. The molecule has 0 spiro atoms. The van der Waals surface area contributed by atoms with Gasteiger partial charge in [0.2, 0.25) is 11.8 Å². The van der Waals surface area contributed by atoms with Crippen LogP contribution in [0.25, 0.3) is 10.4 Å². The highest BCUT2D eigenvalue weighted by molar-refractivity contribution is 6.25. The van der Waals surface area contributed by atoms with E-state index in [2.05, 4.69) is 20.7 Å². The van der Waals surface area contributed by atoms with Crippen molar-refractivity contribution in [3.8, 4) is 0 Å². The molecule has 2 N–H and O–H groups in total. The minimum atomic E-state index is -1.05. The Hall–Kier alpha value is -4.08. The number of imide groups is 2. The fourth-order valence-corrected chi connectivity index (χ4v) is 4.33. The minimum absolute atomic E-state index is 0.0363. The van der Waals surface area contributed by atoms with Crippen molar-refractivity contribution in [2.24, 2.45) is 5.11 Å². The molecule has 234 valence electrons. The van der Waals surface area contributed by atoms with E-state index in [1.807, 2.05) is 6.92 Å². The van der Waals surface area contributed by atoms with Crippen LogP contribution < -0.4 is 10.6 Å². The summed E-state index contributed by atoms with van der Waals surface area (Å²) in [5.74, 6) is -2.93. The molecule has 2 atom stereocenters. The zero-order valence-electron chi connectivity index (χ0n) is 24.0. The highest BCUT2D eigenvalue weighted by Gasteiger charge is 2.45. The number of ether oxygens (including phenoxy) is 5. The number of benzene rings is 1. The van der Waals surface area contributed by atoms with Gasteiger partial charge >= 0.3 is 5.97 Å². The predicted octanol–water partition coefficient (Wildman–Crippen LogP) is 1.20. The highest BCUT2D eigenvalue weighted by atomic mass is 16.6. The number of carbonyl (C=O) groups is 5. The van der Waals surface area contributed by atoms with E-state index in [1.54, 1.807) is 12.1 Å². The van der Waals surface area contributed by atoms with E-state index < -0.39 is 41.7 Å². The standard InChI is InChI=1S/C27H36N6O10/c1-2-10-39-13-14-42-18(16-43-23(35)17-41-12-9-30-32-28)15-40-11-8-29-20-5-3-4-19-24(20)27(38)33(26(19)37)21-6-7-22(34)31-25(21)36/h3-5,18,21,29H,2,6-17H2,1H3,(H,31,34,36)/t18-,21?/m1/s1. The predicted molar refractivity (Wildman–Crippen MR) is 149 cm³/mol. The number of anilines is 1. The van der Waals surface area contributed by atoms with Crippen LogP contribution in [0.3, 0.4) is 0 Å². The van der Waals surface area contributed by atoms with E-state index in [0.29, 0.717) is 18.9 Å². The number of carbonyl (C=O) groups excluding carboxylic acids is 5. The lowest BCUT2D eigenvalue weighted by molar-refractivity contribution is -0.155.